The SMILES string of the molecule is Cc1ccc(C(=O)Nc2ccccc2Cl)cc1-c1ccc(C(=O)Nc2cccc(C#N)c2)cc1. The molecule has 4 rings (SSSR count). The fourth-order valence-corrected chi connectivity index (χ4v) is 3.69. The number of aryl methyl sites for hydroxylation is 1. The van der Waals surface area contributed by atoms with Gasteiger partial charge in [-0.3, -0.25) is 9.59 Å². The van der Waals surface area contributed by atoms with E-state index in [9.17, 15) is 9.59 Å². The molecule has 0 aliphatic carbocycles. The van der Waals surface area contributed by atoms with E-state index in [1.807, 2.05) is 31.2 Å². The van der Waals surface area contributed by atoms with Gasteiger partial charge in [0.25, 0.3) is 11.8 Å². The fourth-order valence-electron chi connectivity index (χ4n) is 3.50. The molecule has 6 heteroatoms. The Labute approximate surface area is 202 Å². The molecule has 0 aliphatic rings. The number of halogens is 1. The Morgan fingerprint density at radius 3 is 2.24 bits per heavy atom. The normalized spacial score (nSPS) is 10.3. The number of carbonyl (C=O) groups is 2. The van der Waals surface area contributed by atoms with Crippen molar-refractivity contribution in [3.8, 4) is 17.2 Å². The highest BCUT2D eigenvalue weighted by Crippen LogP contribution is 2.27. The standard InChI is InChI=1S/C28H20ClN3O2/c1-18-9-10-22(28(34)32-26-8-3-2-7-25(26)29)16-24(18)20-11-13-21(14-12-20)27(33)31-23-6-4-5-19(15-23)17-30/h2-16H,1H3,(H,31,33)(H,32,34). The van der Waals surface area contributed by atoms with Gasteiger partial charge in [0.15, 0.2) is 0 Å². The molecule has 0 saturated heterocycles. The molecule has 0 aliphatic heterocycles. The summed E-state index contributed by atoms with van der Waals surface area (Å²) in [6, 6.07) is 28.5. The second-order valence-corrected chi connectivity index (χ2v) is 8.09. The first-order valence-electron chi connectivity index (χ1n) is 10.5. The molecule has 0 unspecified atom stereocenters. The van der Waals surface area contributed by atoms with Gasteiger partial charge in [0.05, 0.1) is 22.3 Å². The average Bonchev–Trinajstić information content (AvgIpc) is 2.86. The van der Waals surface area contributed by atoms with Crippen LogP contribution in [0.15, 0.2) is 91.0 Å². The summed E-state index contributed by atoms with van der Waals surface area (Å²) in [5, 5.41) is 15.1. The van der Waals surface area contributed by atoms with Crippen molar-refractivity contribution in [2.45, 2.75) is 6.92 Å². The molecule has 4 aromatic rings. The summed E-state index contributed by atoms with van der Waals surface area (Å²) in [5.74, 6) is -0.531. The van der Waals surface area contributed by atoms with Crippen molar-refractivity contribution in [1.29, 1.82) is 5.26 Å². The van der Waals surface area contributed by atoms with Crippen LogP contribution in [-0.4, -0.2) is 11.8 Å². The smallest absolute Gasteiger partial charge is 0.255 e. The number of nitrogens with zero attached hydrogens (tertiary/aromatic N) is 1. The van der Waals surface area contributed by atoms with Crippen molar-refractivity contribution in [2.24, 2.45) is 0 Å². The average molecular weight is 466 g/mol. The summed E-state index contributed by atoms with van der Waals surface area (Å²) in [7, 11) is 0. The zero-order valence-corrected chi connectivity index (χ0v) is 19.1. The van der Waals surface area contributed by atoms with Gasteiger partial charge in [-0.1, -0.05) is 48.0 Å². The third kappa shape index (κ3) is 5.15. The number of amides is 2. The molecule has 0 fully saturated rings. The number of nitriles is 1. The van der Waals surface area contributed by atoms with Gasteiger partial charge in [0, 0.05) is 16.8 Å². The topological polar surface area (TPSA) is 82.0 Å². The maximum absolute atomic E-state index is 12.8. The Kier molecular flexibility index (Phi) is 6.72. The Bertz CT molecular complexity index is 1420. The molecule has 0 spiro atoms. The summed E-state index contributed by atoms with van der Waals surface area (Å²) >= 11 is 6.15. The number of carbonyl (C=O) groups excluding carboxylic acids is 2. The van der Waals surface area contributed by atoms with Gasteiger partial charge in [-0.25, -0.2) is 0 Å². The number of rotatable bonds is 5. The van der Waals surface area contributed by atoms with E-state index < -0.39 is 0 Å². The van der Waals surface area contributed by atoms with Crippen LogP contribution >= 0.6 is 11.6 Å². The van der Waals surface area contributed by atoms with Gasteiger partial charge in [-0.2, -0.15) is 5.26 Å². The molecule has 0 aromatic heterocycles. The molecular weight excluding hydrogens is 446 g/mol. The van der Waals surface area contributed by atoms with E-state index in [2.05, 4.69) is 16.7 Å². The summed E-state index contributed by atoms with van der Waals surface area (Å²) in [6.45, 7) is 1.97. The fraction of sp³-hybridized carbons (Fsp3) is 0.0357. The number of anilines is 2. The zero-order chi connectivity index (χ0) is 24.1. The van der Waals surface area contributed by atoms with Crippen LogP contribution < -0.4 is 10.6 Å². The highest BCUT2D eigenvalue weighted by atomic mass is 35.5. The maximum atomic E-state index is 12.8. The van der Waals surface area contributed by atoms with Crippen LogP contribution in [0.3, 0.4) is 0 Å². The Balaban J connectivity index is 1.53. The van der Waals surface area contributed by atoms with Crippen molar-refractivity contribution in [3.63, 3.8) is 0 Å². The summed E-state index contributed by atoms with van der Waals surface area (Å²) in [4.78, 5) is 25.4. The lowest BCUT2D eigenvalue weighted by Gasteiger charge is -2.11. The van der Waals surface area contributed by atoms with Gasteiger partial charge in [0.2, 0.25) is 0 Å². The minimum absolute atomic E-state index is 0.259. The largest absolute Gasteiger partial charge is 0.322 e. The van der Waals surface area contributed by atoms with Crippen LogP contribution in [0.4, 0.5) is 11.4 Å². The lowest BCUT2D eigenvalue weighted by Crippen LogP contribution is -2.12. The lowest BCUT2D eigenvalue weighted by atomic mass is 9.97. The van der Waals surface area contributed by atoms with Crippen LogP contribution in [0.5, 0.6) is 0 Å². The van der Waals surface area contributed by atoms with E-state index in [4.69, 9.17) is 16.9 Å². The second-order valence-electron chi connectivity index (χ2n) is 7.69. The van der Waals surface area contributed by atoms with Gasteiger partial charge in [0.1, 0.15) is 0 Å². The molecule has 0 saturated carbocycles. The minimum Gasteiger partial charge on any atom is -0.322 e. The molecule has 0 radical (unpaired) electrons. The summed E-state index contributed by atoms with van der Waals surface area (Å²) in [6.07, 6.45) is 0. The van der Waals surface area contributed by atoms with E-state index in [0.717, 1.165) is 16.7 Å². The first-order chi connectivity index (χ1) is 16.4. The van der Waals surface area contributed by atoms with E-state index in [1.165, 1.54) is 0 Å². The Morgan fingerprint density at radius 1 is 0.794 bits per heavy atom. The Morgan fingerprint density at radius 2 is 1.50 bits per heavy atom. The van der Waals surface area contributed by atoms with Crippen molar-refractivity contribution in [3.05, 3.63) is 118 Å². The van der Waals surface area contributed by atoms with Gasteiger partial charge >= 0.3 is 0 Å². The number of nitrogens with one attached hydrogen (secondary N) is 2. The molecule has 4 aromatic carbocycles. The Hall–Kier alpha value is -4.40. The van der Waals surface area contributed by atoms with Crippen LogP contribution in [0, 0.1) is 18.3 Å². The van der Waals surface area contributed by atoms with Gasteiger partial charge in [-0.15, -0.1) is 0 Å². The minimum atomic E-state index is -0.272. The van der Waals surface area contributed by atoms with Crippen LogP contribution in [0.1, 0.15) is 31.8 Å². The molecule has 2 amide bonds. The van der Waals surface area contributed by atoms with Crippen LogP contribution in [-0.2, 0) is 0 Å². The van der Waals surface area contributed by atoms with Crippen molar-refractivity contribution in [1.82, 2.24) is 0 Å². The first-order valence-corrected chi connectivity index (χ1v) is 10.9. The number of hydrogen-bond donors (Lipinski definition) is 2. The number of hydrogen-bond acceptors (Lipinski definition) is 3. The molecule has 0 heterocycles. The van der Waals surface area contributed by atoms with Crippen molar-refractivity contribution < 1.29 is 9.59 Å². The number of benzene rings is 4. The summed E-state index contributed by atoms with van der Waals surface area (Å²) < 4.78 is 0. The van der Waals surface area contributed by atoms with E-state index >= 15 is 0 Å². The predicted octanol–water partition coefficient (Wildman–Crippen LogP) is 6.69. The van der Waals surface area contributed by atoms with Crippen LogP contribution in [0.2, 0.25) is 5.02 Å². The molecule has 34 heavy (non-hydrogen) atoms. The van der Waals surface area contributed by atoms with Crippen molar-refractivity contribution in [2.75, 3.05) is 10.6 Å². The number of para-hydroxylation sites is 1. The molecule has 0 bridgehead atoms. The molecule has 0 atom stereocenters. The van der Waals surface area contributed by atoms with E-state index in [1.54, 1.807) is 66.7 Å². The zero-order valence-electron chi connectivity index (χ0n) is 18.3. The van der Waals surface area contributed by atoms with Gasteiger partial charge in [-0.05, 0) is 78.2 Å². The van der Waals surface area contributed by atoms with Crippen LogP contribution in [0.25, 0.3) is 11.1 Å². The third-order valence-corrected chi connectivity index (χ3v) is 5.66. The summed E-state index contributed by atoms with van der Waals surface area (Å²) in [5.41, 5.74) is 5.33. The quantitative estimate of drug-likeness (QED) is 0.344. The monoisotopic (exact) mass is 465 g/mol. The van der Waals surface area contributed by atoms with E-state index in [0.29, 0.717) is 33.1 Å². The van der Waals surface area contributed by atoms with Crippen molar-refractivity contribution >= 4 is 34.8 Å². The third-order valence-electron chi connectivity index (χ3n) is 5.33. The van der Waals surface area contributed by atoms with Gasteiger partial charge < -0.3 is 10.6 Å². The lowest BCUT2D eigenvalue weighted by molar-refractivity contribution is 0.101. The predicted molar refractivity (Wildman–Crippen MR) is 135 cm³/mol. The molecule has 2 N–H and O–H groups in total. The molecule has 5 nitrogen and oxygen atoms in total. The highest BCUT2D eigenvalue weighted by molar-refractivity contribution is 6.33. The van der Waals surface area contributed by atoms with E-state index in [-0.39, 0.29) is 11.8 Å². The molecular formula is C28H20ClN3O2. The maximum Gasteiger partial charge on any atom is 0.255 e. The molecule has 166 valence electrons. The highest BCUT2D eigenvalue weighted by Gasteiger charge is 2.12. The second kappa shape index (κ2) is 10.0. The first kappa shape index (κ1) is 22.8.